The number of carbonyl (C=O) groups excluding carboxylic acids is 1. The molecular weight excluding hydrogens is 568 g/mol. The third-order valence-electron chi connectivity index (χ3n) is 4.74. The molecule has 2 aromatic carbocycles. The van der Waals surface area contributed by atoms with E-state index in [2.05, 4.69) is 15.5 Å². The van der Waals surface area contributed by atoms with E-state index in [1.165, 1.54) is 19.0 Å². The van der Waals surface area contributed by atoms with Gasteiger partial charge in [0.2, 0.25) is 0 Å². The molecule has 0 saturated heterocycles. The highest BCUT2D eigenvalue weighted by atomic mass is 19.4. The number of alkyl halides is 6. The predicted molar refractivity (Wildman–Crippen MR) is 135 cm³/mol. The van der Waals surface area contributed by atoms with E-state index in [1.807, 2.05) is 48.5 Å². The van der Waals surface area contributed by atoms with Gasteiger partial charge < -0.3 is 26.2 Å². The molecule has 0 aliphatic rings. The maximum absolute atomic E-state index is 11.9. The fourth-order valence-electron chi connectivity index (χ4n) is 2.84. The number of nitrogens with zero attached hydrogens (tertiary/aromatic N) is 2. The Morgan fingerprint density at radius 2 is 1.54 bits per heavy atom. The van der Waals surface area contributed by atoms with Crippen LogP contribution in [0, 0.1) is 0 Å². The number of aryl methyl sites for hydroxylation is 1. The van der Waals surface area contributed by atoms with Crippen molar-refractivity contribution in [3.63, 3.8) is 0 Å². The summed E-state index contributed by atoms with van der Waals surface area (Å²) >= 11 is 0. The summed E-state index contributed by atoms with van der Waals surface area (Å²) in [4.78, 5) is 33.9. The van der Waals surface area contributed by atoms with Crippen molar-refractivity contribution in [1.29, 1.82) is 0 Å². The second-order valence-electron chi connectivity index (χ2n) is 7.66. The molecule has 1 unspecified atom stereocenters. The number of nitrogens with two attached hydrogens (primary N) is 2. The normalized spacial score (nSPS) is 12.0. The number of ether oxygens (including phenoxy) is 1. The van der Waals surface area contributed by atoms with Gasteiger partial charge in [-0.2, -0.15) is 31.4 Å². The first-order valence-electron chi connectivity index (χ1n) is 11.1. The number of benzene rings is 2. The minimum Gasteiger partial charge on any atom is -0.475 e. The highest BCUT2D eigenvalue weighted by Gasteiger charge is 2.38. The fraction of sp³-hybridized carbons (Fsp3) is 0.292. The van der Waals surface area contributed by atoms with E-state index in [0.29, 0.717) is 6.42 Å². The Morgan fingerprint density at radius 3 is 1.98 bits per heavy atom. The number of carboxylic acids is 2. The summed E-state index contributed by atoms with van der Waals surface area (Å²) in [5.74, 6) is 4.68. The number of esters is 1. The van der Waals surface area contributed by atoms with Gasteiger partial charge in [0.15, 0.2) is 0 Å². The number of methoxy groups -OCH3 is 1. The monoisotopic (exact) mass is 595 g/mol. The molecule has 2 aromatic rings. The number of halogens is 6. The zero-order valence-corrected chi connectivity index (χ0v) is 21.3. The summed E-state index contributed by atoms with van der Waals surface area (Å²) in [7, 11) is 1.41. The summed E-state index contributed by atoms with van der Waals surface area (Å²) in [6, 6.07) is 15.8. The summed E-state index contributed by atoms with van der Waals surface area (Å²) < 4.78 is 68.3. The molecule has 41 heavy (non-hydrogen) atoms. The van der Waals surface area contributed by atoms with Crippen molar-refractivity contribution >= 4 is 36.1 Å². The third kappa shape index (κ3) is 16.1. The Balaban J connectivity index is 0.000000941. The van der Waals surface area contributed by atoms with Crippen LogP contribution in [0.25, 0.3) is 0 Å². The highest BCUT2D eigenvalue weighted by molar-refractivity contribution is 5.79. The van der Waals surface area contributed by atoms with E-state index in [9.17, 15) is 31.1 Å². The van der Waals surface area contributed by atoms with Gasteiger partial charge >= 0.3 is 30.3 Å². The maximum Gasteiger partial charge on any atom is 0.490 e. The molecule has 0 amide bonds. The average Bonchev–Trinajstić information content (AvgIpc) is 2.90. The number of carboxylic acid groups (broad SMARTS) is 2. The van der Waals surface area contributed by atoms with Gasteiger partial charge in [0.25, 0.3) is 0 Å². The summed E-state index contributed by atoms with van der Waals surface area (Å²) in [6.07, 6.45) is -5.19. The lowest BCUT2D eigenvalue weighted by molar-refractivity contribution is -0.193. The first-order chi connectivity index (χ1) is 19.0. The molecule has 2 rings (SSSR count). The lowest BCUT2D eigenvalue weighted by Crippen LogP contribution is -2.21. The van der Waals surface area contributed by atoms with Crippen LogP contribution in [0.15, 0.2) is 58.6 Å². The van der Waals surface area contributed by atoms with Crippen molar-refractivity contribution < 1.29 is 55.7 Å². The number of rotatable bonds is 9. The summed E-state index contributed by atoms with van der Waals surface area (Å²) in [5, 5.41) is 17.8. The molecule has 0 spiro atoms. The second-order valence-corrected chi connectivity index (χ2v) is 7.66. The highest BCUT2D eigenvalue weighted by Crippen LogP contribution is 2.28. The maximum atomic E-state index is 11.9. The molecule has 226 valence electrons. The van der Waals surface area contributed by atoms with Gasteiger partial charge in [-0.3, -0.25) is 4.79 Å². The van der Waals surface area contributed by atoms with Crippen LogP contribution in [0.1, 0.15) is 35.4 Å². The van der Waals surface area contributed by atoms with Crippen molar-refractivity contribution in [2.75, 3.05) is 7.11 Å². The molecule has 0 radical (unpaired) electrons. The van der Waals surface area contributed by atoms with Crippen LogP contribution in [0.5, 0.6) is 0 Å². The van der Waals surface area contributed by atoms with Crippen molar-refractivity contribution in [3.8, 4) is 0 Å². The number of hydrogen-bond donors (Lipinski definition) is 5. The standard InChI is InChI=1S/C20H25N5O2.2C2HF3O2/c1-27-20(26)12-18(17-3-2-4-19(11-17)23-14-25-22)10-9-15-5-7-16(8-6-15)13-24-21;2*3-2(4,5)1(6)7/h2-8,11,13-14,18H,9-10,12,21-22H2,1H3,(H,23,25);2*(H,6,7). The number of nitrogens with one attached hydrogen (secondary N) is 1. The zero-order chi connectivity index (χ0) is 31.6. The summed E-state index contributed by atoms with van der Waals surface area (Å²) in [6.45, 7) is 0. The molecule has 0 heterocycles. The van der Waals surface area contributed by atoms with Crippen LogP contribution >= 0.6 is 0 Å². The second kappa shape index (κ2) is 17.8. The smallest absolute Gasteiger partial charge is 0.475 e. The molecule has 0 aliphatic heterocycles. The molecule has 11 nitrogen and oxygen atoms in total. The first-order valence-corrected chi connectivity index (χ1v) is 11.1. The van der Waals surface area contributed by atoms with E-state index < -0.39 is 24.3 Å². The average molecular weight is 595 g/mol. The van der Waals surface area contributed by atoms with Gasteiger partial charge in [0.1, 0.15) is 6.34 Å². The van der Waals surface area contributed by atoms with Crippen LogP contribution in [0.3, 0.4) is 0 Å². The lowest BCUT2D eigenvalue weighted by Gasteiger charge is -2.17. The molecule has 0 bridgehead atoms. The minimum atomic E-state index is -5.08. The van der Waals surface area contributed by atoms with E-state index in [0.717, 1.165) is 29.7 Å². The molecule has 7 N–H and O–H groups in total. The number of hydrazone groups is 1. The molecule has 0 saturated carbocycles. The number of hydrogen-bond acceptors (Lipinski definition) is 8. The first kappa shape index (κ1) is 36.3. The number of aliphatic carboxylic acids is 2. The third-order valence-corrected chi connectivity index (χ3v) is 4.74. The van der Waals surface area contributed by atoms with Gasteiger partial charge in [-0.25, -0.2) is 20.4 Å². The number of carbonyl (C=O) groups is 3. The quantitative estimate of drug-likeness (QED) is 0.0719. The number of hydrazine groups is 1. The largest absolute Gasteiger partial charge is 0.490 e. The fourth-order valence-corrected chi connectivity index (χ4v) is 2.84. The lowest BCUT2D eigenvalue weighted by atomic mass is 9.89. The van der Waals surface area contributed by atoms with Gasteiger partial charge in [-0.05, 0) is 47.6 Å². The van der Waals surface area contributed by atoms with E-state index in [1.54, 1.807) is 6.21 Å². The molecule has 1 atom stereocenters. The van der Waals surface area contributed by atoms with Crippen molar-refractivity contribution in [2.45, 2.75) is 37.5 Å². The van der Waals surface area contributed by atoms with Crippen molar-refractivity contribution in [2.24, 2.45) is 21.8 Å². The summed E-state index contributed by atoms with van der Waals surface area (Å²) in [5.41, 5.74) is 6.32. The van der Waals surface area contributed by atoms with Crippen LogP contribution < -0.4 is 17.1 Å². The van der Waals surface area contributed by atoms with Gasteiger partial charge in [0, 0.05) is 0 Å². The Labute approximate surface area is 229 Å². The van der Waals surface area contributed by atoms with Gasteiger partial charge in [0.05, 0.1) is 25.4 Å². The van der Waals surface area contributed by atoms with E-state index >= 15 is 0 Å². The Morgan fingerprint density at radius 1 is 1.00 bits per heavy atom. The molecule has 0 fully saturated rings. The van der Waals surface area contributed by atoms with Crippen LogP contribution in [0.4, 0.5) is 32.0 Å². The van der Waals surface area contributed by atoms with E-state index in [-0.39, 0.29) is 11.9 Å². The van der Waals surface area contributed by atoms with Gasteiger partial charge in [-0.15, -0.1) is 0 Å². The molecule has 0 aromatic heterocycles. The Bertz CT molecular complexity index is 1150. The molecule has 0 aliphatic carbocycles. The van der Waals surface area contributed by atoms with Gasteiger partial charge in [-0.1, -0.05) is 36.4 Å². The Kier molecular flexibility index (Phi) is 15.8. The Hall–Kier alpha value is -4.67. The molecular formula is C24H27F6N5O6. The molecule has 17 heteroatoms. The topological polar surface area (TPSA) is 190 Å². The SMILES string of the molecule is COC(=O)CC(CCc1ccc(C=NN)cc1)c1cccc(N=CNN)c1.O=C(O)C(F)(F)F.O=C(O)C(F)(F)F. The minimum absolute atomic E-state index is 0.0312. The van der Waals surface area contributed by atoms with E-state index in [4.69, 9.17) is 36.2 Å². The van der Waals surface area contributed by atoms with Crippen molar-refractivity contribution in [1.82, 2.24) is 5.43 Å². The van der Waals surface area contributed by atoms with Crippen LogP contribution in [0.2, 0.25) is 0 Å². The number of aliphatic imine (C=N–C) groups is 1. The van der Waals surface area contributed by atoms with Crippen LogP contribution in [-0.2, 0) is 25.5 Å². The van der Waals surface area contributed by atoms with Crippen molar-refractivity contribution in [3.05, 3.63) is 65.2 Å². The van der Waals surface area contributed by atoms with Crippen LogP contribution in [-0.4, -0.2) is 60.1 Å². The predicted octanol–water partition coefficient (Wildman–Crippen LogP) is 3.65. The zero-order valence-electron chi connectivity index (χ0n) is 21.3.